The standard InChI is InChI=1S/C15H18ClNO4/c1-21-15(6-3-7-15)9-13(18)17(10-14(19)20)12-5-2-4-11(16)8-12/h2,4-5,8H,3,6-7,9-10H2,1H3,(H,19,20). The molecule has 5 nitrogen and oxygen atoms in total. The number of halogens is 1. The molecule has 0 bridgehead atoms. The van der Waals surface area contributed by atoms with E-state index in [4.69, 9.17) is 21.4 Å². The summed E-state index contributed by atoms with van der Waals surface area (Å²) in [5.74, 6) is -1.33. The number of rotatable bonds is 6. The molecule has 0 saturated heterocycles. The minimum Gasteiger partial charge on any atom is -0.480 e. The van der Waals surface area contributed by atoms with Crippen LogP contribution in [0.2, 0.25) is 5.02 Å². The Morgan fingerprint density at radius 3 is 2.62 bits per heavy atom. The molecule has 1 N–H and O–H groups in total. The van der Waals surface area contributed by atoms with Gasteiger partial charge in [0, 0.05) is 17.8 Å². The fraction of sp³-hybridized carbons (Fsp3) is 0.467. The zero-order valence-electron chi connectivity index (χ0n) is 11.8. The summed E-state index contributed by atoms with van der Waals surface area (Å²) in [6, 6.07) is 6.63. The average Bonchev–Trinajstić information content (AvgIpc) is 2.39. The molecular formula is C15H18ClNO4. The fourth-order valence-electron chi connectivity index (χ4n) is 2.50. The minimum atomic E-state index is -1.07. The second-order valence-electron chi connectivity index (χ2n) is 5.27. The highest BCUT2D eigenvalue weighted by molar-refractivity contribution is 6.30. The normalized spacial score (nSPS) is 16.1. The summed E-state index contributed by atoms with van der Waals surface area (Å²) in [6.07, 6.45) is 2.86. The Morgan fingerprint density at radius 1 is 1.43 bits per heavy atom. The van der Waals surface area contributed by atoms with E-state index in [0.717, 1.165) is 19.3 Å². The Morgan fingerprint density at radius 2 is 2.14 bits per heavy atom. The van der Waals surface area contributed by atoms with E-state index in [2.05, 4.69) is 0 Å². The van der Waals surface area contributed by atoms with E-state index in [-0.39, 0.29) is 18.9 Å². The van der Waals surface area contributed by atoms with Crippen molar-refractivity contribution in [1.82, 2.24) is 0 Å². The third-order valence-electron chi connectivity index (χ3n) is 3.89. The molecule has 1 amide bonds. The predicted octanol–water partition coefficient (Wildman–Crippen LogP) is 2.72. The van der Waals surface area contributed by atoms with E-state index in [9.17, 15) is 9.59 Å². The van der Waals surface area contributed by atoms with Crippen LogP contribution in [0.4, 0.5) is 5.69 Å². The van der Waals surface area contributed by atoms with Gasteiger partial charge in [0.1, 0.15) is 6.54 Å². The van der Waals surface area contributed by atoms with Gasteiger partial charge in [-0.1, -0.05) is 17.7 Å². The number of hydrogen-bond acceptors (Lipinski definition) is 3. The molecule has 1 aromatic carbocycles. The van der Waals surface area contributed by atoms with Crippen molar-refractivity contribution in [3.8, 4) is 0 Å². The summed E-state index contributed by atoms with van der Waals surface area (Å²) in [6.45, 7) is -0.390. The maximum absolute atomic E-state index is 12.5. The maximum Gasteiger partial charge on any atom is 0.323 e. The van der Waals surface area contributed by atoms with Crippen molar-refractivity contribution in [1.29, 1.82) is 0 Å². The van der Waals surface area contributed by atoms with Gasteiger partial charge in [-0.3, -0.25) is 9.59 Å². The van der Waals surface area contributed by atoms with Crippen molar-refractivity contribution in [3.63, 3.8) is 0 Å². The molecule has 1 aliphatic carbocycles. The summed E-state index contributed by atoms with van der Waals surface area (Å²) in [5, 5.41) is 9.49. The first-order valence-corrected chi connectivity index (χ1v) is 7.16. The molecule has 0 unspecified atom stereocenters. The highest BCUT2D eigenvalue weighted by Crippen LogP contribution is 2.38. The van der Waals surface area contributed by atoms with E-state index in [0.29, 0.717) is 10.7 Å². The summed E-state index contributed by atoms with van der Waals surface area (Å²) in [5.41, 5.74) is 0.0485. The topological polar surface area (TPSA) is 66.8 Å². The molecule has 0 atom stereocenters. The molecule has 0 aliphatic heterocycles. The monoisotopic (exact) mass is 311 g/mol. The molecular weight excluding hydrogens is 294 g/mol. The van der Waals surface area contributed by atoms with E-state index in [1.165, 1.54) is 4.90 Å². The Kier molecular flexibility index (Phi) is 4.85. The number of hydrogen-bond donors (Lipinski definition) is 1. The van der Waals surface area contributed by atoms with Gasteiger partial charge in [0.25, 0.3) is 0 Å². The van der Waals surface area contributed by atoms with Crippen LogP contribution in [0.3, 0.4) is 0 Å². The van der Waals surface area contributed by atoms with Gasteiger partial charge in [0.15, 0.2) is 0 Å². The van der Waals surface area contributed by atoms with Gasteiger partial charge >= 0.3 is 5.97 Å². The van der Waals surface area contributed by atoms with E-state index < -0.39 is 11.6 Å². The zero-order valence-corrected chi connectivity index (χ0v) is 12.6. The molecule has 2 rings (SSSR count). The van der Waals surface area contributed by atoms with Gasteiger partial charge < -0.3 is 14.7 Å². The summed E-state index contributed by atoms with van der Waals surface area (Å²) < 4.78 is 5.44. The van der Waals surface area contributed by atoms with Gasteiger partial charge in [0.2, 0.25) is 5.91 Å². The molecule has 0 heterocycles. The van der Waals surface area contributed by atoms with Gasteiger partial charge in [0.05, 0.1) is 12.0 Å². The molecule has 1 saturated carbocycles. The van der Waals surface area contributed by atoms with Crippen molar-refractivity contribution in [2.75, 3.05) is 18.6 Å². The van der Waals surface area contributed by atoms with Gasteiger partial charge in [-0.05, 0) is 37.5 Å². The van der Waals surface area contributed by atoms with E-state index in [1.807, 2.05) is 0 Å². The van der Waals surface area contributed by atoms with Crippen LogP contribution in [0.5, 0.6) is 0 Å². The van der Waals surface area contributed by atoms with Crippen LogP contribution in [-0.2, 0) is 14.3 Å². The average molecular weight is 312 g/mol. The molecule has 1 fully saturated rings. The first-order chi connectivity index (χ1) is 9.96. The second-order valence-corrected chi connectivity index (χ2v) is 5.71. The van der Waals surface area contributed by atoms with Crippen molar-refractivity contribution < 1.29 is 19.4 Å². The molecule has 114 valence electrons. The van der Waals surface area contributed by atoms with Crippen LogP contribution in [0.1, 0.15) is 25.7 Å². The second kappa shape index (κ2) is 6.45. The van der Waals surface area contributed by atoms with Crippen molar-refractivity contribution in [3.05, 3.63) is 29.3 Å². The summed E-state index contributed by atoms with van der Waals surface area (Å²) >= 11 is 5.92. The Bertz CT molecular complexity index is 537. The molecule has 1 aliphatic rings. The van der Waals surface area contributed by atoms with Gasteiger partial charge in [-0.2, -0.15) is 0 Å². The largest absolute Gasteiger partial charge is 0.480 e. The number of nitrogens with zero attached hydrogens (tertiary/aromatic N) is 1. The first kappa shape index (κ1) is 15.8. The highest BCUT2D eigenvalue weighted by atomic mass is 35.5. The lowest BCUT2D eigenvalue weighted by Gasteiger charge is -2.41. The van der Waals surface area contributed by atoms with E-state index in [1.54, 1.807) is 31.4 Å². The number of benzene rings is 1. The van der Waals surface area contributed by atoms with Crippen LogP contribution in [0.15, 0.2) is 24.3 Å². The molecule has 0 radical (unpaired) electrons. The van der Waals surface area contributed by atoms with Crippen molar-refractivity contribution in [2.24, 2.45) is 0 Å². The van der Waals surface area contributed by atoms with E-state index >= 15 is 0 Å². The lowest BCUT2D eigenvalue weighted by atomic mass is 9.77. The SMILES string of the molecule is COC1(CC(=O)N(CC(=O)O)c2cccc(Cl)c2)CCC1. The number of methoxy groups -OCH3 is 1. The van der Waals surface area contributed by atoms with Crippen LogP contribution in [0.25, 0.3) is 0 Å². The molecule has 0 spiro atoms. The number of carboxylic acid groups (broad SMARTS) is 1. The Balaban J connectivity index is 2.19. The quantitative estimate of drug-likeness (QED) is 0.877. The summed E-state index contributed by atoms with van der Waals surface area (Å²) in [4.78, 5) is 24.8. The zero-order chi connectivity index (χ0) is 15.5. The maximum atomic E-state index is 12.5. The molecule has 1 aromatic rings. The summed E-state index contributed by atoms with van der Waals surface area (Å²) in [7, 11) is 1.59. The number of carbonyl (C=O) groups is 2. The minimum absolute atomic E-state index is 0.184. The third kappa shape index (κ3) is 3.74. The number of carbonyl (C=O) groups excluding carboxylic acids is 1. The van der Waals surface area contributed by atoms with Gasteiger partial charge in [-0.15, -0.1) is 0 Å². The van der Waals surface area contributed by atoms with Crippen LogP contribution >= 0.6 is 11.6 Å². The van der Waals surface area contributed by atoms with Crippen LogP contribution < -0.4 is 4.90 Å². The van der Waals surface area contributed by atoms with Crippen LogP contribution in [-0.4, -0.2) is 36.2 Å². The lowest BCUT2D eigenvalue weighted by Crippen LogP contribution is -2.46. The lowest BCUT2D eigenvalue weighted by molar-refractivity contribution is -0.139. The number of aliphatic carboxylic acids is 1. The molecule has 6 heteroatoms. The number of amides is 1. The first-order valence-electron chi connectivity index (χ1n) is 6.79. The van der Waals surface area contributed by atoms with Gasteiger partial charge in [-0.25, -0.2) is 0 Å². The smallest absolute Gasteiger partial charge is 0.323 e. The van der Waals surface area contributed by atoms with Crippen molar-refractivity contribution in [2.45, 2.75) is 31.3 Å². The number of carboxylic acids is 1. The Hall–Kier alpha value is -1.59. The number of anilines is 1. The highest BCUT2D eigenvalue weighted by Gasteiger charge is 2.40. The van der Waals surface area contributed by atoms with Crippen molar-refractivity contribution >= 4 is 29.2 Å². The molecule has 0 aromatic heterocycles. The Labute approximate surface area is 128 Å². The third-order valence-corrected chi connectivity index (χ3v) is 4.12. The number of ether oxygens (including phenoxy) is 1. The van der Waals surface area contributed by atoms with Crippen LogP contribution in [0, 0.1) is 0 Å². The fourth-order valence-corrected chi connectivity index (χ4v) is 2.68. The molecule has 21 heavy (non-hydrogen) atoms. The predicted molar refractivity (Wildman–Crippen MR) is 79.6 cm³/mol.